The number of carboxylic acid groups (broad SMARTS) is 1. The molecule has 0 radical (unpaired) electrons. The van der Waals surface area contributed by atoms with Gasteiger partial charge in [-0.2, -0.15) is 0 Å². The monoisotopic (exact) mass is 320 g/mol. The van der Waals surface area contributed by atoms with Gasteiger partial charge >= 0.3 is 6.09 Å². The standard InChI is InChI=1S/C17H21ClN2O2/c18-16-6-4-14(5-7-16)3-1-2-10-20-11-8-15(9-12-20)13-19-17(21)22/h4-7,15,19H,2,8-13H2,(H,21,22). The van der Waals surface area contributed by atoms with Crippen LogP contribution in [0.15, 0.2) is 24.3 Å². The Hall–Kier alpha value is -1.70. The molecule has 1 aromatic carbocycles. The van der Waals surface area contributed by atoms with Crippen LogP contribution >= 0.6 is 11.6 Å². The van der Waals surface area contributed by atoms with E-state index in [9.17, 15) is 4.79 Å². The van der Waals surface area contributed by atoms with Crippen molar-refractivity contribution in [3.05, 3.63) is 34.9 Å². The first-order chi connectivity index (χ1) is 10.6. The summed E-state index contributed by atoms with van der Waals surface area (Å²) in [7, 11) is 0. The summed E-state index contributed by atoms with van der Waals surface area (Å²) in [5.74, 6) is 6.80. The van der Waals surface area contributed by atoms with Crippen LogP contribution in [-0.2, 0) is 0 Å². The van der Waals surface area contributed by atoms with Crippen molar-refractivity contribution < 1.29 is 9.90 Å². The molecule has 1 aliphatic rings. The zero-order valence-corrected chi connectivity index (χ0v) is 13.3. The van der Waals surface area contributed by atoms with Crippen molar-refractivity contribution in [1.82, 2.24) is 10.2 Å². The third kappa shape index (κ3) is 5.97. The summed E-state index contributed by atoms with van der Waals surface area (Å²) in [6.45, 7) is 3.59. The lowest BCUT2D eigenvalue weighted by molar-refractivity contribution is 0.172. The van der Waals surface area contributed by atoms with E-state index in [1.807, 2.05) is 24.3 Å². The van der Waals surface area contributed by atoms with E-state index in [2.05, 4.69) is 22.1 Å². The van der Waals surface area contributed by atoms with Crippen LogP contribution in [-0.4, -0.2) is 42.3 Å². The number of carbonyl (C=O) groups is 1. The van der Waals surface area contributed by atoms with Gasteiger partial charge in [-0.25, -0.2) is 4.79 Å². The second-order valence-corrected chi connectivity index (χ2v) is 5.97. The highest BCUT2D eigenvalue weighted by atomic mass is 35.5. The fourth-order valence-electron chi connectivity index (χ4n) is 2.56. The Morgan fingerprint density at radius 2 is 2.00 bits per heavy atom. The molecule has 1 heterocycles. The molecule has 0 saturated carbocycles. The summed E-state index contributed by atoms with van der Waals surface area (Å²) in [6.07, 6.45) is 2.01. The topological polar surface area (TPSA) is 52.6 Å². The summed E-state index contributed by atoms with van der Waals surface area (Å²) >= 11 is 5.83. The number of nitrogens with one attached hydrogen (secondary N) is 1. The predicted molar refractivity (Wildman–Crippen MR) is 88.1 cm³/mol. The van der Waals surface area contributed by atoms with E-state index in [-0.39, 0.29) is 0 Å². The van der Waals surface area contributed by atoms with Crippen molar-refractivity contribution in [2.75, 3.05) is 26.2 Å². The fourth-order valence-corrected chi connectivity index (χ4v) is 2.68. The number of hydrogen-bond donors (Lipinski definition) is 2. The van der Waals surface area contributed by atoms with Gasteiger partial charge in [0, 0.05) is 30.1 Å². The molecule has 1 saturated heterocycles. The van der Waals surface area contributed by atoms with Gasteiger partial charge in [0.25, 0.3) is 0 Å². The molecule has 0 unspecified atom stereocenters. The maximum Gasteiger partial charge on any atom is 0.404 e. The molecule has 0 bridgehead atoms. The van der Waals surface area contributed by atoms with Crippen molar-refractivity contribution in [3.63, 3.8) is 0 Å². The number of amides is 1. The predicted octanol–water partition coefficient (Wildman–Crippen LogP) is 3.06. The number of nitrogens with zero attached hydrogens (tertiary/aromatic N) is 1. The van der Waals surface area contributed by atoms with Crippen molar-refractivity contribution >= 4 is 17.7 Å². The minimum absolute atomic E-state index is 0.465. The van der Waals surface area contributed by atoms with Gasteiger partial charge in [-0.3, -0.25) is 0 Å². The number of hydrogen-bond acceptors (Lipinski definition) is 2. The Kier molecular flexibility index (Phi) is 6.57. The van der Waals surface area contributed by atoms with Gasteiger partial charge in [0.1, 0.15) is 0 Å². The number of piperidine rings is 1. The summed E-state index contributed by atoms with van der Waals surface area (Å²) in [6, 6.07) is 7.55. The number of rotatable bonds is 4. The molecular weight excluding hydrogens is 300 g/mol. The Morgan fingerprint density at radius 1 is 1.32 bits per heavy atom. The van der Waals surface area contributed by atoms with Crippen molar-refractivity contribution in [1.29, 1.82) is 0 Å². The van der Waals surface area contributed by atoms with Crippen molar-refractivity contribution in [2.45, 2.75) is 19.3 Å². The molecule has 1 fully saturated rings. The second kappa shape index (κ2) is 8.67. The molecule has 4 nitrogen and oxygen atoms in total. The van der Waals surface area contributed by atoms with E-state index in [4.69, 9.17) is 16.7 Å². The van der Waals surface area contributed by atoms with Gasteiger partial charge in [0.2, 0.25) is 0 Å². The summed E-state index contributed by atoms with van der Waals surface area (Å²) in [5, 5.41) is 11.8. The van der Waals surface area contributed by atoms with Gasteiger partial charge in [-0.1, -0.05) is 23.4 Å². The van der Waals surface area contributed by atoms with Crippen LogP contribution in [0.3, 0.4) is 0 Å². The highest BCUT2D eigenvalue weighted by Crippen LogP contribution is 2.16. The molecular formula is C17H21ClN2O2. The number of halogens is 1. The van der Waals surface area contributed by atoms with E-state index < -0.39 is 6.09 Å². The molecule has 1 aliphatic heterocycles. The van der Waals surface area contributed by atoms with Crippen LogP contribution in [0.1, 0.15) is 24.8 Å². The molecule has 22 heavy (non-hydrogen) atoms. The van der Waals surface area contributed by atoms with E-state index in [0.29, 0.717) is 12.5 Å². The smallest absolute Gasteiger partial charge is 0.404 e. The lowest BCUT2D eigenvalue weighted by atomic mass is 9.97. The van der Waals surface area contributed by atoms with Crippen LogP contribution in [0.4, 0.5) is 4.79 Å². The molecule has 0 atom stereocenters. The van der Waals surface area contributed by atoms with Crippen LogP contribution in [0.5, 0.6) is 0 Å². The summed E-state index contributed by atoms with van der Waals surface area (Å²) in [5.41, 5.74) is 0.989. The lowest BCUT2D eigenvalue weighted by Crippen LogP contribution is -2.38. The summed E-state index contributed by atoms with van der Waals surface area (Å²) in [4.78, 5) is 12.9. The third-order valence-electron chi connectivity index (χ3n) is 3.88. The van der Waals surface area contributed by atoms with Crippen LogP contribution in [0, 0.1) is 17.8 Å². The van der Waals surface area contributed by atoms with Crippen LogP contribution in [0.2, 0.25) is 5.02 Å². The van der Waals surface area contributed by atoms with E-state index in [0.717, 1.165) is 49.5 Å². The average Bonchev–Trinajstić information content (AvgIpc) is 2.52. The normalized spacial score (nSPS) is 15.9. The number of benzene rings is 1. The van der Waals surface area contributed by atoms with Gasteiger partial charge in [0.15, 0.2) is 0 Å². The van der Waals surface area contributed by atoms with Crippen molar-refractivity contribution in [3.8, 4) is 11.8 Å². The van der Waals surface area contributed by atoms with Gasteiger partial charge in [0.05, 0.1) is 0 Å². The second-order valence-electron chi connectivity index (χ2n) is 5.53. The van der Waals surface area contributed by atoms with Crippen LogP contribution < -0.4 is 5.32 Å². The maximum atomic E-state index is 10.5. The molecule has 2 N–H and O–H groups in total. The first-order valence-corrected chi connectivity index (χ1v) is 7.95. The molecule has 0 aliphatic carbocycles. The van der Waals surface area contributed by atoms with Gasteiger partial charge in [-0.05, 0) is 56.1 Å². The molecule has 5 heteroatoms. The Balaban J connectivity index is 1.65. The lowest BCUT2D eigenvalue weighted by Gasteiger charge is -2.31. The zero-order valence-electron chi connectivity index (χ0n) is 12.5. The molecule has 1 amide bonds. The zero-order chi connectivity index (χ0) is 15.8. The fraction of sp³-hybridized carbons (Fsp3) is 0.471. The molecule has 0 aromatic heterocycles. The van der Waals surface area contributed by atoms with E-state index in [1.165, 1.54) is 0 Å². The quantitative estimate of drug-likeness (QED) is 0.838. The molecule has 118 valence electrons. The highest BCUT2D eigenvalue weighted by molar-refractivity contribution is 6.30. The first kappa shape index (κ1) is 16.7. The first-order valence-electron chi connectivity index (χ1n) is 7.57. The Bertz CT molecular complexity index is 540. The van der Waals surface area contributed by atoms with E-state index >= 15 is 0 Å². The SMILES string of the molecule is O=C(O)NCC1CCN(CCC#Cc2ccc(Cl)cc2)CC1. The van der Waals surface area contributed by atoms with Gasteiger partial charge < -0.3 is 15.3 Å². The summed E-state index contributed by atoms with van der Waals surface area (Å²) < 4.78 is 0. The van der Waals surface area contributed by atoms with Crippen LogP contribution in [0.25, 0.3) is 0 Å². The molecule has 1 aromatic rings. The van der Waals surface area contributed by atoms with Crippen molar-refractivity contribution in [2.24, 2.45) is 5.92 Å². The Labute approximate surface area is 136 Å². The minimum atomic E-state index is -0.931. The molecule has 0 spiro atoms. The average molecular weight is 321 g/mol. The van der Waals surface area contributed by atoms with Gasteiger partial charge in [-0.15, -0.1) is 0 Å². The minimum Gasteiger partial charge on any atom is -0.465 e. The molecule has 2 rings (SSSR count). The maximum absolute atomic E-state index is 10.5. The largest absolute Gasteiger partial charge is 0.465 e. The highest BCUT2D eigenvalue weighted by Gasteiger charge is 2.18. The number of likely N-dealkylation sites (tertiary alicyclic amines) is 1. The Morgan fingerprint density at radius 3 is 2.64 bits per heavy atom. The third-order valence-corrected chi connectivity index (χ3v) is 4.13. The van der Waals surface area contributed by atoms with E-state index in [1.54, 1.807) is 0 Å².